The average Bonchev–Trinajstić information content (AvgIpc) is 2.62. The molecule has 23 heavy (non-hydrogen) atoms. The molecule has 2 aromatic rings. The summed E-state index contributed by atoms with van der Waals surface area (Å²) in [6, 6.07) is 17.0. The van der Waals surface area contributed by atoms with E-state index in [9.17, 15) is 4.79 Å². The lowest BCUT2D eigenvalue weighted by atomic mass is 10.1. The quantitative estimate of drug-likeness (QED) is 0.869. The third-order valence-corrected chi connectivity index (χ3v) is 4.17. The van der Waals surface area contributed by atoms with E-state index in [1.165, 1.54) is 0 Å². The molecule has 3 rings (SSSR count). The van der Waals surface area contributed by atoms with Crippen molar-refractivity contribution in [2.45, 2.75) is 6.92 Å². The maximum atomic E-state index is 12.7. The smallest absolute Gasteiger partial charge is 0.254 e. The van der Waals surface area contributed by atoms with Gasteiger partial charge in [-0.1, -0.05) is 31.2 Å². The number of hydrogen-bond donors (Lipinski definition) is 0. The maximum absolute atomic E-state index is 12.7. The van der Waals surface area contributed by atoms with Gasteiger partial charge in [0.15, 0.2) is 0 Å². The van der Waals surface area contributed by atoms with Crippen molar-refractivity contribution >= 4 is 5.91 Å². The summed E-state index contributed by atoms with van der Waals surface area (Å²) in [4.78, 5) is 16.9. The van der Waals surface area contributed by atoms with E-state index in [-0.39, 0.29) is 5.91 Å². The SMILES string of the molecule is CCN1CCN(C(=O)c2cccc(Oc3ccccc3)c2)CC1. The van der Waals surface area contributed by atoms with Gasteiger partial charge in [-0.25, -0.2) is 0 Å². The molecule has 1 fully saturated rings. The predicted molar refractivity (Wildman–Crippen MR) is 91.0 cm³/mol. The lowest BCUT2D eigenvalue weighted by molar-refractivity contribution is 0.0643. The minimum Gasteiger partial charge on any atom is -0.457 e. The maximum Gasteiger partial charge on any atom is 0.254 e. The Hall–Kier alpha value is -2.33. The van der Waals surface area contributed by atoms with Crippen LogP contribution >= 0.6 is 0 Å². The number of carbonyl (C=O) groups excluding carboxylic acids is 1. The van der Waals surface area contributed by atoms with Gasteiger partial charge in [0.25, 0.3) is 5.91 Å². The number of rotatable bonds is 4. The topological polar surface area (TPSA) is 32.8 Å². The van der Waals surface area contributed by atoms with Crippen molar-refractivity contribution in [2.24, 2.45) is 0 Å². The number of amides is 1. The fourth-order valence-electron chi connectivity index (χ4n) is 2.77. The Morgan fingerprint density at radius 3 is 2.35 bits per heavy atom. The number of likely N-dealkylation sites (N-methyl/N-ethyl adjacent to an activating group) is 1. The number of para-hydroxylation sites is 1. The van der Waals surface area contributed by atoms with Crippen LogP contribution in [0.25, 0.3) is 0 Å². The van der Waals surface area contributed by atoms with Crippen LogP contribution in [0, 0.1) is 0 Å². The van der Waals surface area contributed by atoms with E-state index in [1.54, 1.807) is 0 Å². The van der Waals surface area contributed by atoms with Crippen LogP contribution in [-0.4, -0.2) is 48.4 Å². The normalized spacial score (nSPS) is 15.4. The summed E-state index contributed by atoms with van der Waals surface area (Å²) in [5.74, 6) is 1.54. The molecule has 0 aliphatic carbocycles. The number of piperazine rings is 1. The van der Waals surface area contributed by atoms with Gasteiger partial charge in [0.05, 0.1) is 0 Å². The third kappa shape index (κ3) is 3.90. The van der Waals surface area contributed by atoms with Crippen LogP contribution in [0.1, 0.15) is 17.3 Å². The standard InChI is InChI=1S/C19H22N2O2/c1-2-20-11-13-21(14-12-20)19(22)16-7-6-10-18(15-16)23-17-8-4-3-5-9-17/h3-10,15H,2,11-14H2,1H3. The van der Waals surface area contributed by atoms with Gasteiger partial charge in [-0.05, 0) is 36.9 Å². The van der Waals surface area contributed by atoms with Gasteiger partial charge in [0.1, 0.15) is 11.5 Å². The average molecular weight is 310 g/mol. The second-order valence-electron chi connectivity index (χ2n) is 5.67. The van der Waals surface area contributed by atoms with Crippen LogP contribution in [-0.2, 0) is 0 Å². The Labute approximate surface area is 137 Å². The molecular formula is C19H22N2O2. The third-order valence-electron chi connectivity index (χ3n) is 4.17. The fourth-order valence-corrected chi connectivity index (χ4v) is 2.77. The molecule has 0 spiro atoms. The van der Waals surface area contributed by atoms with E-state index in [0.717, 1.165) is 38.5 Å². The van der Waals surface area contributed by atoms with Gasteiger partial charge in [-0.3, -0.25) is 4.79 Å². The Balaban J connectivity index is 1.68. The minimum atomic E-state index is 0.0827. The van der Waals surface area contributed by atoms with Gasteiger partial charge >= 0.3 is 0 Å². The van der Waals surface area contributed by atoms with Crippen molar-refractivity contribution in [1.29, 1.82) is 0 Å². The Bertz CT molecular complexity index is 649. The molecule has 0 bridgehead atoms. The van der Waals surface area contributed by atoms with Gasteiger partial charge in [0.2, 0.25) is 0 Å². The molecule has 0 N–H and O–H groups in total. The van der Waals surface area contributed by atoms with Crippen LogP contribution in [0.15, 0.2) is 54.6 Å². The number of nitrogens with zero attached hydrogens (tertiary/aromatic N) is 2. The molecule has 0 aromatic heterocycles. The van der Waals surface area contributed by atoms with Crippen LogP contribution in [0.3, 0.4) is 0 Å². The lowest BCUT2D eigenvalue weighted by Crippen LogP contribution is -2.48. The highest BCUT2D eigenvalue weighted by atomic mass is 16.5. The zero-order valence-electron chi connectivity index (χ0n) is 13.4. The highest BCUT2D eigenvalue weighted by molar-refractivity contribution is 5.94. The van der Waals surface area contributed by atoms with Crippen LogP contribution in [0.5, 0.6) is 11.5 Å². The molecule has 1 amide bonds. The Morgan fingerprint density at radius 2 is 1.65 bits per heavy atom. The minimum absolute atomic E-state index is 0.0827. The molecule has 0 unspecified atom stereocenters. The van der Waals surface area contributed by atoms with E-state index in [2.05, 4.69) is 11.8 Å². The summed E-state index contributed by atoms with van der Waals surface area (Å²) >= 11 is 0. The zero-order chi connectivity index (χ0) is 16.1. The highest BCUT2D eigenvalue weighted by Crippen LogP contribution is 2.22. The monoisotopic (exact) mass is 310 g/mol. The first-order chi connectivity index (χ1) is 11.3. The molecule has 1 heterocycles. The molecule has 4 nitrogen and oxygen atoms in total. The molecule has 0 atom stereocenters. The van der Waals surface area contributed by atoms with E-state index < -0.39 is 0 Å². The number of ether oxygens (including phenoxy) is 1. The summed E-state index contributed by atoms with van der Waals surface area (Å²) in [7, 11) is 0. The summed E-state index contributed by atoms with van der Waals surface area (Å²) in [6.45, 7) is 6.67. The lowest BCUT2D eigenvalue weighted by Gasteiger charge is -2.34. The van der Waals surface area contributed by atoms with E-state index in [4.69, 9.17) is 4.74 Å². The Kier molecular flexibility index (Phi) is 4.93. The van der Waals surface area contributed by atoms with Crippen molar-refractivity contribution in [3.05, 3.63) is 60.2 Å². The summed E-state index contributed by atoms with van der Waals surface area (Å²) in [5, 5.41) is 0. The van der Waals surface area contributed by atoms with Crippen LogP contribution < -0.4 is 4.74 Å². The first kappa shape index (κ1) is 15.6. The summed E-state index contributed by atoms with van der Waals surface area (Å²) < 4.78 is 5.81. The van der Waals surface area contributed by atoms with Crippen molar-refractivity contribution in [3.8, 4) is 11.5 Å². The second-order valence-corrected chi connectivity index (χ2v) is 5.67. The number of benzene rings is 2. The van der Waals surface area contributed by atoms with Gasteiger partial charge in [-0.2, -0.15) is 0 Å². The molecule has 0 radical (unpaired) electrons. The molecule has 1 aliphatic heterocycles. The van der Waals surface area contributed by atoms with Crippen molar-refractivity contribution < 1.29 is 9.53 Å². The largest absolute Gasteiger partial charge is 0.457 e. The van der Waals surface area contributed by atoms with Gasteiger partial charge in [-0.15, -0.1) is 0 Å². The van der Waals surface area contributed by atoms with E-state index in [0.29, 0.717) is 11.3 Å². The molecular weight excluding hydrogens is 288 g/mol. The zero-order valence-corrected chi connectivity index (χ0v) is 13.4. The summed E-state index contributed by atoms with van der Waals surface area (Å²) in [5.41, 5.74) is 0.684. The molecule has 0 saturated carbocycles. The predicted octanol–water partition coefficient (Wildman–Crippen LogP) is 3.26. The van der Waals surface area contributed by atoms with Crippen molar-refractivity contribution in [1.82, 2.24) is 9.80 Å². The molecule has 120 valence electrons. The number of hydrogen-bond acceptors (Lipinski definition) is 3. The van der Waals surface area contributed by atoms with Gasteiger partial charge < -0.3 is 14.5 Å². The fraction of sp³-hybridized carbons (Fsp3) is 0.316. The van der Waals surface area contributed by atoms with Gasteiger partial charge in [0, 0.05) is 31.7 Å². The molecule has 1 saturated heterocycles. The molecule has 4 heteroatoms. The molecule has 2 aromatic carbocycles. The van der Waals surface area contributed by atoms with Crippen molar-refractivity contribution in [3.63, 3.8) is 0 Å². The van der Waals surface area contributed by atoms with E-state index in [1.807, 2.05) is 59.5 Å². The second kappa shape index (κ2) is 7.29. The number of carbonyl (C=O) groups is 1. The van der Waals surface area contributed by atoms with Crippen LogP contribution in [0.2, 0.25) is 0 Å². The van der Waals surface area contributed by atoms with E-state index >= 15 is 0 Å². The molecule has 1 aliphatic rings. The van der Waals surface area contributed by atoms with Crippen molar-refractivity contribution in [2.75, 3.05) is 32.7 Å². The van der Waals surface area contributed by atoms with Crippen LogP contribution in [0.4, 0.5) is 0 Å². The highest BCUT2D eigenvalue weighted by Gasteiger charge is 2.21. The first-order valence-corrected chi connectivity index (χ1v) is 8.11. The summed E-state index contributed by atoms with van der Waals surface area (Å²) in [6.07, 6.45) is 0. The Morgan fingerprint density at radius 1 is 0.957 bits per heavy atom. The first-order valence-electron chi connectivity index (χ1n) is 8.11.